The lowest BCUT2D eigenvalue weighted by molar-refractivity contribution is -0.185. The van der Waals surface area contributed by atoms with Crippen LogP contribution in [-0.4, -0.2) is 62.7 Å². The second-order valence-electron chi connectivity index (χ2n) is 10.1. The number of hydrogen-bond acceptors (Lipinski definition) is 7. The highest BCUT2D eigenvalue weighted by molar-refractivity contribution is 5.88. The second-order valence-corrected chi connectivity index (χ2v) is 10.1. The first kappa shape index (κ1) is 24.4. The molecule has 2 aliphatic rings. The van der Waals surface area contributed by atoms with Crippen LogP contribution in [0, 0.1) is 17.1 Å². The Labute approximate surface area is 208 Å². The number of halogens is 1. The third-order valence-electron chi connectivity index (χ3n) is 7.66. The fourth-order valence-electron chi connectivity index (χ4n) is 5.57. The second kappa shape index (κ2) is 9.00. The quantitative estimate of drug-likeness (QED) is 0.581. The minimum Gasteiger partial charge on any atom is -0.380 e. The summed E-state index contributed by atoms with van der Waals surface area (Å²) in [7, 11) is 1.71. The molecule has 0 spiro atoms. The van der Waals surface area contributed by atoms with Gasteiger partial charge in [0.1, 0.15) is 23.5 Å². The van der Waals surface area contributed by atoms with E-state index in [2.05, 4.69) is 41.7 Å². The highest BCUT2D eigenvalue weighted by atomic mass is 19.1. The maximum absolute atomic E-state index is 14.1. The average molecular weight is 495 g/mol. The average Bonchev–Trinajstić information content (AvgIpc) is 3.25. The number of nitrogens with zero attached hydrogens (tertiary/aromatic N) is 6. The summed E-state index contributed by atoms with van der Waals surface area (Å²) in [5.41, 5.74) is 2.33. The van der Waals surface area contributed by atoms with Gasteiger partial charge in [0.2, 0.25) is 0 Å². The van der Waals surface area contributed by atoms with Gasteiger partial charge in [-0.1, -0.05) is 6.07 Å². The van der Waals surface area contributed by atoms with Gasteiger partial charge in [0.25, 0.3) is 5.56 Å². The molecular weight excluding hydrogens is 463 g/mol. The first-order chi connectivity index (χ1) is 17.1. The topological polar surface area (TPSA) is 99.5 Å². The SMILES string of the molecule is CC(c1ccc(F)cc1C1(O)COC1)N1C[C@H](C)N(c2cc(=O)n(C)c3cn(CC#N)nc23)C[C@H]1C. The number of fused-ring (bicyclic) bond motifs is 1. The molecule has 2 aromatic heterocycles. The standard InChI is InChI=1S/C26H31FN6O3/c1-16-12-33(22-10-24(34)30(4)23-13-31(8-7-28)29-25(22)23)17(2)11-32(16)18(3)20-6-5-19(27)9-21(20)26(35)14-36-15-26/h5-6,9-10,13,16-18,35H,8,11-12,14-15H2,1-4H3/t16-,17+,18?/m1/s1. The van der Waals surface area contributed by atoms with Crippen molar-refractivity contribution in [3.63, 3.8) is 0 Å². The van der Waals surface area contributed by atoms with Gasteiger partial charge in [0.05, 0.1) is 36.7 Å². The van der Waals surface area contributed by atoms with Crippen LogP contribution < -0.4 is 10.5 Å². The molecule has 0 bridgehead atoms. The van der Waals surface area contributed by atoms with Crippen molar-refractivity contribution in [3.05, 3.63) is 57.8 Å². The van der Waals surface area contributed by atoms with Crippen molar-refractivity contribution in [3.8, 4) is 6.07 Å². The minimum atomic E-state index is -1.17. The van der Waals surface area contributed by atoms with Crippen LogP contribution in [0.2, 0.25) is 0 Å². The van der Waals surface area contributed by atoms with Gasteiger partial charge in [-0.15, -0.1) is 0 Å². The molecule has 10 heteroatoms. The summed E-state index contributed by atoms with van der Waals surface area (Å²) < 4.78 is 22.5. The normalized spacial score (nSPS) is 22.9. The Bertz CT molecular complexity index is 1410. The first-order valence-electron chi connectivity index (χ1n) is 12.2. The largest absolute Gasteiger partial charge is 0.380 e. The van der Waals surface area contributed by atoms with E-state index < -0.39 is 5.60 Å². The molecular formula is C26H31FN6O3. The van der Waals surface area contributed by atoms with E-state index in [1.54, 1.807) is 34.6 Å². The Morgan fingerprint density at radius 1 is 1.28 bits per heavy atom. The van der Waals surface area contributed by atoms with Crippen LogP contribution in [-0.2, 0) is 23.9 Å². The van der Waals surface area contributed by atoms with E-state index in [1.165, 1.54) is 12.1 Å². The lowest BCUT2D eigenvalue weighted by Crippen LogP contribution is -2.57. The fourth-order valence-corrected chi connectivity index (χ4v) is 5.57. The number of piperazine rings is 1. The van der Waals surface area contributed by atoms with E-state index in [-0.39, 0.29) is 49.3 Å². The summed E-state index contributed by atoms with van der Waals surface area (Å²) in [6, 6.07) is 8.44. The minimum absolute atomic E-state index is 0.0547. The molecule has 1 N–H and O–H groups in total. The lowest BCUT2D eigenvalue weighted by atomic mass is 9.85. The summed E-state index contributed by atoms with van der Waals surface area (Å²) >= 11 is 0. The van der Waals surface area contributed by atoms with Crippen LogP contribution in [0.4, 0.5) is 10.1 Å². The van der Waals surface area contributed by atoms with E-state index in [9.17, 15) is 14.3 Å². The zero-order valence-corrected chi connectivity index (χ0v) is 21.0. The highest BCUT2D eigenvalue weighted by Gasteiger charge is 2.42. The Balaban J connectivity index is 1.46. The number of aliphatic hydroxyl groups is 1. The van der Waals surface area contributed by atoms with Gasteiger partial charge in [-0.2, -0.15) is 10.4 Å². The predicted octanol–water partition coefficient (Wildman–Crippen LogP) is 2.28. The fraction of sp³-hybridized carbons (Fsp3) is 0.500. The molecule has 1 unspecified atom stereocenters. The lowest BCUT2D eigenvalue weighted by Gasteiger charge is -2.48. The summed E-state index contributed by atoms with van der Waals surface area (Å²) in [5, 5.41) is 24.7. The Morgan fingerprint density at radius 2 is 2.03 bits per heavy atom. The van der Waals surface area contributed by atoms with E-state index in [0.29, 0.717) is 29.7 Å². The van der Waals surface area contributed by atoms with Crippen molar-refractivity contribution in [2.45, 2.75) is 51.0 Å². The van der Waals surface area contributed by atoms with Crippen molar-refractivity contribution in [2.75, 3.05) is 31.2 Å². The van der Waals surface area contributed by atoms with Crippen LogP contribution in [0.3, 0.4) is 0 Å². The van der Waals surface area contributed by atoms with Crippen molar-refractivity contribution in [1.29, 1.82) is 5.26 Å². The molecule has 0 aliphatic carbocycles. The van der Waals surface area contributed by atoms with Gasteiger partial charge in [0, 0.05) is 44.3 Å². The monoisotopic (exact) mass is 494 g/mol. The van der Waals surface area contributed by atoms with Crippen LogP contribution in [0.15, 0.2) is 35.3 Å². The van der Waals surface area contributed by atoms with Crippen LogP contribution in [0.25, 0.3) is 11.0 Å². The highest BCUT2D eigenvalue weighted by Crippen LogP contribution is 2.38. The molecule has 0 saturated carbocycles. The molecule has 1 aromatic carbocycles. The smallest absolute Gasteiger partial charge is 0.252 e. The molecule has 36 heavy (non-hydrogen) atoms. The number of ether oxygens (including phenoxy) is 1. The molecule has 3 atom stereocenters. The molecule has 5 rings (SSSR count). The molecule has 0 radical (unpaired) electrons. The Hall–Kier alpha value is -3.26. The van der Waals surface area contributed by atoms with E-state index >= 15 is 0 Å². The third-order valence-corrected chi connectivity index (χ3v) is 7.66. The van der Waals surface area contributed by atoms with Crippen molar-refractivity contribution >= 4 is 16.7 Å². The summed E-state index contributed by atoms with van der Waals surface area (Å²) in [6.45, 7) is 8.11. The Kier molecular flexibility index (Phi) is 6.11. The summed E-state index contributed by atoms with van der Waals surface area (Å²) in [6.07, 6.45) is 1.74. The van der Waals surface area contributed by atoms with Crippen LogP contribution in [0.5, 0.6) is 0 Å². The van der Waals surface area contributed by atoms with Gasteiger partial charge >= 0.3 is 0 Å². The predicted molar refractivity (Wildman–Crippen MR) is 133 cm³/mol. The van der Waals surface area contributed by atoms with E-state index in [4.69, 9.17) is 10.00 Å². The van der Waals surface area contributed by atoms with Crippen molar-refractivity contribution < 1.29 is 14.2 Å². The number of rotatable bonds is 5. The number of benzene rings is 1. The third kappa shape index (κ3) is 3.97. The zero-order chi connectivity index (χ0) is 25.8. The van der Waals surface area contributed by atoms with Crippen LogP contribution in [0.1, 0.15) is 37.9 Å². The van der Waals surface area contributed by atoms with Crippen molar-refractivity contribution in [2.24, 2.45) is 7.05 Å². The summed E-state index contributed by atoms with van der Waals surface area (Å²) in [4.78, 5) is 17.3. The number of anilines is 1. The molecule has 2 saturated heterocycles. The zero-order valence-electron chi connectivity index (χ0n) is 21.0. The maximum atomic E-state index is 14.1. The van der Waals surface area contributed by atoms with Gasteiger partial charge in [-0.25, -0.2) is 4.39 Å². The van der Waals surface area contributed by atoms with E-state index in [0.717, 1.165) is 11.3 Å². The molecule has 2 aliphatic heterocycles. The maximum Gasteiger partial charge on any atom is 0.252 e. The molecule has 0 amide bonds. The van der Waals surface area contributed by atoms with Gasteiger partial charge < -0.3 is 19.3 Å². The van der Waals surface area contributed by atoms with Crippen molar-refractivity contribution in [1.82, 2.24) is 19.2 Å². The van der Waals surface area contributed by atoms with Gasteiger partial charge in [-0.05, 0) is 44.0 Å². The van der Waals surface area contributed by atoms with Gasteiger partial charge in [0.15, 0.2) is 0 Å². The first-order valence-corrected chi connectivity index (χ1v) is 12.2. The Morgan fingerprint density at radius 3 is 2.69 bits per heavy atom. The van der Waals surface area contributed by atoms with E-state index in [1.807, 2.05) is 0 Å². The number of aryl methyl sites for hydroxylation is 1. The molecule has 2 fully saturated rings. The summed E-state index contributed by atoms with van der Waals surface area (Å²) in [5.74, 6) is -0.377. The number of hydrogen-bond donors (Lipinski definition) is 1. The molecule has 3 aromatic rings. The van der Waals surface area contributed by atoms with Gasteiger partial charge in [-0.3, -0.25) is 14.4 Å². The molecule has 4 heterocycles. The number of aromatic nitrogens is 3. The molecule has 9 nitrogen and oxygen atoms in total. The number of pyridine rings is 1. The number of nitriles is 1. The van der Waals surface area contributed by atoms with Crippen LogP contribution >= 0.6 is 0 Å². The molecule has 190 valence electrons.